The van der Waals surface area contributed by atoms with Crippen molar-refractivity contribution < 1.29 is 17.4 Å². The van der Waals surface area contributed by atoms with E-state index in [-0.39, 0.29) is 21.8 Å². The summed E-state index contributed by atoms with van der Waals surface area (Å²) in [7, 11) is -3.98. The van der Waals surface area contributed by atoms with E-state index in [2.05, 4.69) is 0 Å². The molecule has 0 aliphatic heterocycles. The highest BCUT2D eigenvalue weighted by Gasteiger charge is 2.20. The average Bonchev–Trinajstić information content (AvgIpc) is 2.46. The first-order valence-electron chi connectivity index (χ1n) is 7.26. The Hall–Kier alpha value is -2.14. The molecule has 0 bridgehead atoms. The quantitative estimate of drug-likeness (QED) is 0.628. The maximum atomic E-state index is 12.4. The van der Waals surface area contributed by atoms with Gasteiger partial charge in [-0.05, 0) is 42.2 Å². The SMILES string of the molecule is CC(=O)c1cccc(S(=O)(=O)Oc2cccc(C(C)(C)C)c2)c1. The number of ketones is 1. The highest BCUT2D eigenvalue weighted by atomic mass is 32.2. The Bertz CT molecular complexity index is 830. The second kappa shape index (κ2) is 6.16. The molecule has 0 aliphatic rings. The monoisotopic (exact) mass is 332 g/mol. The molecule has 0 saturated carbocycles. The summed E-state index contributed by atoms with van der Waals surface area (Å²) in [5, 5.41) is 0. The van der Waals surface area contributed by atoms with E-state index in [1.807, 2.05) is 26.8 Å². The zero-order valence-electron chi connectivity index (χ0n) is 13.7. The summed E-state index contributed by atoms with van der Waals surface area (Å²) in [6.45, 7) is 7.50. The molecule has 0 N–H and O–H groups in total. The molecule has 0 amide bonds. The first-order valence-corrected chi connectivity index (χ1v) is 8.66. The lowest BCUT2D eigenvalue weighted by atomic mass is 9.87. The van der Waals surface area contributed by atoms with Gasteiger partial charge in [0.05, 0.1) is 0 Å². The van der Waals surface area contributed by atoms with Crippen molar-refractivity contribution in [1.82, 2.24) is 0 Å². The number of rotatable bonds is 4. The van der Waals surface area contributed by atoms with Gasteiger partial charge < -0.3 is 4.18 Å². The van der Waals surface area contributed by atoms with Crippen molar-refractivity contribution >= 4 is 15.9 Å². The van der Waals surface area contributed by atoms with Gasteiger partial charge in [-0.15, -0.1) is 0 Å². The largest absolute Gasteiger partial charge is 0.379 e. The predicted octanol–water partition coefficient (Wildman–Crippen LogP) is 3.95. The van der Waals surface area contributed by atoms with Gasteiger partial charge in [-0.2, -0.15) is 8.42 Å². The molecule has 0 heterocycles. The summed E-state index contributed by atoms with van der Waals surface area (Å²) >= 11 is 0. The Kier molecular flexibility index (Phi) is 4.61. The fraction of sp³-hybridized carbons (Fsp3) is 0.278. The first-order chi connectivity index (χ1) is 10.6. The summed E-state index contributed by atoms with van der Waals surface area (Å²) < 4.78 is 30.0. The van der Waals surface area contributed by atoms with E-state index >= 15 is 0 Å². The topological polar surface area (TPSA) is 60.4 Å². The van der Waals surface area contributed by atoms with Crippen LogP contribution in [-0.2, 0) is 15.5 Å². The fourth-order valence-electron chi connectivity index (χ4n) is 2.06. The molecule has 2 aromatic carbocycles. The van der Waals surface area contributed by atoms with Gasteiger partial charge in [-0.3, -0.25) is 4.79 Å². The Morgan fingerprint density at radius 2 is 1.65 bits per heavy atom. The zero-order chi connectivity index (χ0) is 17.3. The Labute approximate surface area is 137 Å². The van der Waals surface area contributed by atoms with Crippen LogP contribution in [-0.4, -0.2) is 14.2 Å². The summed E-state index contributed by atoms with van der Waals surface area (Å²) in [6.07, 6.45) is 0. The molecule has 23 heavy (non-hydrogen) atoms. The summed E-state index contributed by atoms with van der Waals surface area (Å²) in [6, 6.07) is 12.8. The molecule has 4 nitrogen and oxygen atoms in total. The minimum absolute atomic E-state index is 0.0358. The number of carbonyl (C=O) groups is 1. The van der Waals surface area contributed by atoms with Gasteiger partial charge in [0.15, 0.2) is 5.78 Å². The normalized spacial score (nSPS) is 12.0. The van der Waals surface area contributed by atoms with Crippen LogP contribution >= 0.6 is 0 Å². The summed E-state index contributed by atoms with van der Waals surface area (Å²) in [4.78, 5) is 11.4. The average molecular weight is 332 g/mol. The molecular weight excluding hydrogens is 312 g/mol. The second-order valence-electron chi connectivity index (χ2n) is 6.40. The molecule has 0 atom stereocenters. The van der Waals surface area contributed by atoms with Crippen molar-refractivity contribution in [2.75, 3.05) is 0 Å². The zero-order valence-corrected chi connectivity index (χ0v) is 14.5. The van der Waals surface area contributed by atoms with Crippen LogP contribution in [0.5, 0.6) is 5.75 Å². The molecule has 0 unspecified atom stereocenters. The first kappa shape index (κ1) is 17.2. The fourth-order valence-corrected chi connectivity index (χ4v) is 3.03. The van der Waals surface area contributed by atoms with Crippen LogP contribution < -0.4 is 4.18 Å². The minimum atomic E-state index is -3.98. The Balaban J connectivity index is 2.35. The van der Waals surface area contributed by atoms with Gasteiger partial charge in [-0.25, -0.2) is 0 Å². The Morgan fingerprint density at radius 1 is 1.00 bits per heavy atom. The van der Waals surface area contributed by atoms with Gasteiger partial charge in [0, 0.05) is 5.56 Å². The number of carbonyl (C=O) groups excluding carboxylic acids is 1. The maximum absolute atomic E-state index is 12.4. The van der Waals surface area contributed by atoms with Crippen molar-refractivity contribution in [3.8, 4) is 5.75 Å². The lowest BCUT2D eigenvalue weighted by Crippen LogP contribution is -2.13. The standard InChI is InChI=1S/C18H20O4S/c1-13(19)14-7-5-10-17(11-14)23(20,21)22-16-9-6-8-15(12-16)18(2,3)4/h5-12H,1-4H3. The molecule has 0 aliphatic carbocycles. The van der Waals surface area contributed by atoms with Crippen molar-refractivity contribution in [2.45, 2.75) is 38.0 Å². The van der Waals surface area contributed by atoms with E-state index in [1.165, 1.54) is 25.1 Å². The van der Waals surface area contributed by atoms with Crippen LogP contribution in [0.2, 0.25) is 0 Å². The molecule has 122 valence electrons. The van der Waals surface area contributed by atoms with E-state index in [9.17, 15) is 13.2 Å². The Morgan fingerprint density at radius 3 is 2.26 bits per heavy atom. The molecule has 0 fully saturated rings. The third-order valence-corrected chi connectivity index (χ3v) is 4.68. The third-order valence-electron chi connectivity index (χ3n) is 3.44. The highest BCUT2D eigenvalue weighted by Crippen LogP contribution is 2.27. The maximum Gasteiger partial charge on any atom is 0.339 e. The van der Waals surface area contributed by atoms with Crippen molar-refractivity contribution in [1.29, 1.82) is 0 Å². The highest BCUT2D eigenvalue weighted by molar-refractivity contribution is 7.87. The summed E-state index contributed by atoms with van der Waals surface area (Å²) in [5.74, 6) is 0.0578. The van der Waals surface area contributed by atoms with E-state index in [0.717, 1.165) is 5.56 Å². The lowest BCUT2D eigenvalue weighted by Gasteiger charge is -2.19. The van der Waals surface area contributed by atoms with Gasteiger partial charge in [0.1, 0.15) is 10.6 Å². The van der Waals surface area contributed by atoms with Gasteiger partial charge >= 0.3 is 10.1 Å². The van der Waals surface area contributed by atoms with Crippen molar-refractivity contribution in [3.05, 3.63) is 59.7 Å². The third kappa shape index (κ3) is 4.20. The van der Waals surface area contributed by atoms with Crippen LogP contribution in [0.15, 0.2) is 53.4 Å². The minimum Gasteiger partial charge on any atom is -0.379 e. The molecule has 0 radical (unpaired) electrons. The van der Waals surface area contributed by atoms with Crippen LogP contribution in [0.3, 0.4) is 0 Å². The molecule has 2 aromatic rings. The van der Waals surface area contributed by atoms with Crippen LogP contribution in [0, 0.1) is 0 Å². The number of Topliss-reactive ketones (excluding diaryl/α,β-unsaturated/α-hetero) is 1. The molecule has 0 saturated heterocycles. The number of hydrogen-bond acceptors (Lipinski definition) is 4. The number of hydrogen-bond donors (Lipinski definition) is 0. The van der Waals surface area contributed by atoms with Gasteiger partial charge in [0.25, 0.3) is 0 Å². The van der Waals surface area contributed by atoms with E-state index < -0.39 is 10.1 Å². The van der Waals surface area contributed by atoms with Gasteiger partial charge in [0.2, 0.25) is 0 Å². The van der Waals surface area contributed by atoms with Crippen LogP contribution in [0.25, 0.3) is 0 Å². The molecule has 0 spiro atoms. The molecular formula is C18H20O4S. The second-order valence-corrected chi connectivity index (χ2v) is 7.95. The van der Waals surface area contributed by atoms with Crippen LogP contribution in [0.4, 0.5) is 0 Å². The van der Waals surface area contributed by atoms with Crippen molar-refractivity contribution in [2.24, 2.45) is 0 Å². The molecule has 2 rings (SSSR count). The van der Waals surface area contributed by atoms with Crippen LogP contribution in [0.1, 0.15) is 43.6 Å². The number of benzene rings is 2. The molecule has 0 aromatic heterocycles. The smallest absolute Gasteiger partial charge is 0.339 e. The van der Waals surface area contributed by atoms with E-state index in [4.69, 9.17) is 4.18 Å². The summed E-state index contributed by atoms with van der Waals surface area (Å²) in [5.41, 5.74) is 1.19. The predicted molar refractivity (Wildman–Crippen MR) is 89.4 cm³/mol. The van der Waals surface area contributed by atoms with Crippen molar-refractivity contribution in [3.63, 3.8) is 0 Å². The van der Waals surface area contributed by atoms with Gasteiger partial charge in [-0.1, -0.05) is 45.0 Å². The van der Waals surface area contributed by atoms with E-state index in [0.29, 0.717) is 5.56 Å². The van der Waals surface area contributed by atoms with E-state index in [1.54, 1.807) is 24.3 Å². The lowest BCUT2D eigenvalue weighted by molar-refractivity contribution is 0.101. The molecule has 5 heteroatoms.